The van der Waals surface area contributed by atoms with Gasteiger partial charge in [0.15, 0.2) is 0 Å². The van der Waals surface area contributed by atoms with Crippen LogP contribution in [0, 0.1) is 0 Å². The van der Waals surface area contributed by atoms with Gasteiger partial charge in [0.05, 0.1) is 11.6 Å². The van der Waals surface area contributed by atoms with Crippen molar-refractivity contribution in [2.45, 2.75) is 38.8 Å². The number of carboxylic acid groups (broad SMARTS) is 1. The number of carbonyl (C=O) groups excluding carboxylic acids is 1. The Hall–Kier alpha value is -3.02. The molecule has 29 heavy (non-hydrogen) atoms. The lowest BCUT2D eigenvalue weighted by atomic mass is 10.0. The number of ether oxygens (including phenoxy) is 1. The van der Waals surface area contributed by atoms with Crippen LogP contribution in [0.5, 0.6) is 0 Å². The van der Waals surface area contributed by atoms with Gasteiger partial charge in [0.25, 0.3) is 0 Å². The van der Waals surface area contributed by atoms with Crippen molar-refractivity contribution in [2.75, 3.05) is 24.5 Å². The molecule has 1 N–H and O–H groups in total. The van der Waals surface area contributed by atoms with Crippen LogP contribution in [-0.2, 0) is 11.2 Å². The molecule has 1 atom stereocenters. The lowest BCUT2D eigenvalue weighted by Gasteiger charge is -2.42. The number of piperazine rings is 1. The standard InChI is InChI=1S/C23H28N2O4/c1-23(2,3)29-22(28)25-13-12-24(19-11-7-10-18(15-19)21(26)27)16-20(25)14-17-8-5-4-6-9-17/h4-11,15,20H,12-14,16H2,1-3H3,(H,26,27)/t20-/m1/s1. The van der Waals surface area contributed by atoms with Gasteiger partial charge in [0.1, 0.15) is 5.60 Å². The van der Waals surface area contributed by atoms with Crippen LogP contribution in [0.2, 0.25) is 0 Å². The van der Waals surface area contributed by atoms with Crippen molar-refractivity contribution < 1.29 is 19.4 Å². The summed E-state index contributed by atoms with van der Waals surface area (Å²) in [6.45, 7) is 7.34. The summed E-state index contributed by atoms with van der Waals surface area (Å²) in [5, 5.41) is 9.29. The second kappa shape index (κ2) is 8.55. The van der Waals surface area contributed by atoms with Crippen LogP contribution < -0.4 is 4.90 Å². The summed E-state index contributed by atoms with van der Waals surface area (Å²) in [5.74, 6) is -0.944. The van der Waals surface area contributed by atoms with Crippen molar-refractivity contribution in [2.24, 2.45) is 0 Å². The predicted octanol–water partition coefficient (Wildman–Crippen LogP) is 4.05. The number of rotatable bonds is 4. The van der Waals surface area contributed by atoms with Crippen molar-refractivity contribution in [3.8, 4) is 0 Å². The third kappa shape index (κ3) is 5.50. The largest absolute Gasteiger partial charge is 0.478 e. The summed E-state index contributed by atoms with van der Waals surface area (Å²) in [6.07, 6.45) is 0.396. The molecule has 1 aliphatic heterocycles. The highest BCUT2D eigenvalue weighted by atomic mass is 16.6. The number of hydrogen-bond acceptors (Lipinski definition) is 4. The van der Waals surface area contributed by atoms with Gasteiger partial charge in [-0.3, -0.25) is 0 Å². The van der Waals surface area contributed by atoms with Crippen LogP contribution >= 0.6 is 0 Å². The summed E-state index contributed by atoms with van der Waals surface area (Å²) < 4.78 is 5.63. The molecule has 154 valence electrons. The molecule has 6 nitrogen and oxygen atoms in total. The van der Waals surface area contributed by atoms with Gasteiger partial charge in [-0.25, -0.2) is 9.59 Å². The van der Waals surface area contributed by atoms with Gasteiger partial charge in [0.2, 0.25) is 0 Å². The van der Waals surface area contributed by atoms with E-state index in [0.29, 0.717) is 26.1 Å². The Morgan fingerprint density at radius 3 is 2.45 bits per heavy atom. The fourth-order valence-corrected chi connectivity index (χ4v) is 3.55. The summed E-state index contributed by atoms with van der Waals surface area (Å²) in [4.78, 5) is 28.1. The Morgan fingerprint density at radius 1 is 1.07 bits per heavy atom. The average molecular weight is 396 g/mol. The molecule has 1 saturated heterocycles. The zero-order valence-electron chi connectivity index (χ0n) is 17.2. The highest BCUT2D eigenvalue weighted by Crippen LogP contribution is 2.24. The van der Waals surface area contributed by atoms with E-state index >= 15 is 0 Å². The highest BCUT2D eigenvalue weighted by Gasteiger charge is 2.33. The van der Waals surface area contributed by atoms with E-state index in [4.69, 9.17) is 4.74 Å². The van der Waals surface area contributed by atoms with Crippen LogP contribution in [0.1, 0.15) is 36.7 Å². The SMILES string of the molecule is CC(C)(C)OC(=O)N1CCN(c2cccc(C(=O)O)c2)C[C@H]1Cc1ccccc1. The summed E-state index contributed by atoms with van der Waals surface area (Å²) in [7, 11) is 0. The Bertz CT molecular complexity index is 861. The van der Waals surface area contributed by atoms with Crippen molar-refractivity contribution in [1.29, 1.82) is 0 Å². The van der Waals surface area contributed by atoms with Crippen LogP contribution in [0.4, 0.5) is 10.5 Å². The molecule has 0 unspecified atom stereocenters. The minimum Gasteiger partial charge on any atom is -0.478 e. The maximum Gasteiger partial charge on any atom is 0.410 e. The van der Waals surface area contributed by atoms with E-state index in [1.165, 1.54) is 0 Å². The molecule has 0 aromatic heterocycles. The number of amides is 1. The normalized spacial score (nSPS) is 17.1. The molecule has 2 aromatic rings. The van der Waals surface area contributed by atoms with Crippen LogP contribution in [0.15, 0.2) is 54.6 Å². The molecule has 0 saturated carbocycles. The molecular formula is C23H28N2O4. The Labute approximate surface area is 171 Å². The zero-order valence-corrected chi connectivity index (χ0v) is 17.2. The lowest BCUT2D eigenvalue weighted by molar-refractivity contribution is 0.0141. The molecule has 0 spiro atoms. The fraction of sp³-hybridized carbons (Fsp3) is 0.391. The summed E-state index contributed by atoms with van der Waals surface area (Å²) >= 11 is 0. The molecular weight excluding hydrogens is 368 g/mol. The van der Waals surface area contributed by atoms with Crippen molar-refractivity contribution in [3.05, 3.63) is 65.7 Å². The Kier molecular flexibility index (Phi) is 6.11. The number of hydrogen-bond donors (Lipinski definition) is 1. The zero-order chi connectivity index (χ0) is 21.0. The van der Waals surface area contributed by atoms with Crippen molar-refractivity contribution in [3.63, 3.8) is 0 Å². The molecule has 1 heterocycles. The molecule has 1 aliphatic rings. The highest BCUT2D eigenvalue weighted by molar-refractivity contribution is 5.88. The monoisotopic (exact) mass is 396 g/mol. The van der Waals surface area contributed by atoms with Gasteiger partial charge in [-0.2, -0.15) is 0 Å². The second-order valence-electron chi connectivity index (χ2n) is 8.32. The minimum absolute atomic E-state index is 0.0746. The third-order valence-corrected chi connectivity index (χ3v) is 4.88. The maximum atomic E-state index is 12.8. The first-order chi connectivity index (χ1) is 13.7. The van der Waals surface area contributed by atoms with Crippen molar-refractivity contribution in [1.82, 2.24) is 4.90 Å². The minimum atomic E-state index is -0.944. The number of carbonyl (C=O) groups is 2. The Morgan fingerprint density at radius 2 is 1.79 bits per heavy atom. The first kappa shape index (κ1) is 20.7. The summed E-state index contributed by atoms with van der Waals surface area (Å²) in [5.41, 5.74) is 1.71. The quantitative estimate of drug-likeness (QED) is 0.844. The molecule has 0 aliphatic carbocycles. The molecule has 0 radical (unpaired) electrons. The molecule has 2 aromatic carbocycles. The first-order valence-corrected chi connectivity index (χ1v) is 9.85. The average Bonchev–Trinajstić information content (AvgIpc) is 2.67. The van der Waals surface area contributed by atoms with Crippen LogP contribution in [-0.4, -0.2) is 53.3 Å². The van der Waals surface area contributed by atoms with E-state index in [1.807, 2.05) is 45.0 Å². The van der Waals surface area contributed by atoms with E-state index in [2.05, 4.69) is 17.0 Å². The number of nitrogens with zero attached hydrogens (tertiary/aromatic N) is 2. The van der Waals surface area contributed by atoms with Gasteiger partial charge in [-0.05, 0) is 51.0 Å². The first-order valence-electron chi connectivity index (χ1n) is 9.85. The van der Waals surface area contributed by atoms with E-state index < -0.39 is 11.6 Å². The topological polar surface area (TPSA) is 70.1 Å². The lowest BCUT2D eigenvalue weighted by Crippen LogP contribution is -2.57. The van der Waals surface area contributed by atoms with Gasteiger partial charge in [0, 0.05) is 25.3 Å². The van der Waals surface area contributed by atoms with E-state index in [-0.39, 0.29) is 17.7 Å². The number of carboxylic acids is 1. The Balaban J connectivity index is 1.82. The molecule has 1 fully saturated rings. The number of anilines is 1. The molecule has 0 bridgehead atoms. The predicted molar refractivity (Wildman–Crippen MR) is 112 cm³/mol. The van der Waals surface area contributed by atoms with E-state index in [0.717, 1.165) is 11.3 Å². The van der Waals surface area contributed by atoms with Gasteiger partial charge < -0.3 is 19.6 Å². The van der Waals surface area contributed by atoms with Gasteiger partial charge in [-0.1, -0.05) is 36.4 Å². The van der Waals surface area contributed by atoms with E-state index in [1.54, 1.807) is 23.1 Å². The van der Waals surface area contributed by atoms with Crippen LogP contribution in [0.3, 0.4) is 0 Å². The number of benzene rings is 2. The molecule has 1 amide bonds. The molecule has 3 rings (SSSR count). The van der Waals surface area contributed by atoms with Gasteiger partial charge >= 0.3 is 12.1 Å². The van der Waals surface area contributed by atoms with Gasteiger partial charge in [-0.15, -0.1) is 0 Å². The summed E-state index contributed by atoms with van der Waals surface area (Å²) in [6, 6.07) is 16.9. The fourth-order valence-electron chi connectivity index (χ4n) is 3.55. The van der Waals surface area contributed by atoms with Crippen LogP contribution in [0.25, 0.3) is 0 Å². The maximum absolute atomic E-state index is 12.8. The smallest absolute Gasteiger partial charge is 0.410 e. The second-order valence-corrected chi connectivity index (χ2v) is 8.32. The third-order valence-electron chi connectivity index (χ3n) is 4.88. The van der Waals surface area contributed by atoms with Crippen molar-refractivity contribution >= 4 is 17.7 Å². The van der Waals surface area contributed by atoms with E-state index in [9.17, 15) is 14.7 Å². The molecule has 6 heteroatoms. The number of aromatic carboxylic acids is 1.